The maximum Gasteiger partial charge on any atom is 0.223 e. The minimum absolute atomic E-state index is 0.155. The van der Waals surface area contributed by atoms with Gasteiger partial charge in [0.15, 0.2) is 0 Å². The summed E-state index contributed by atoms with van der Waals surface area (Å²) in [7, 11) is 0. The van der Waals surface area contributed by atoms with Crippen molar-refractivity contribution in [3.05, 3.63) is 0 Å². The van der Waals surface area contributed by atoms with E-state index in [9.17, 15) is 4.79 Å². The number of rotatable bonds is 8. The number of carbonyl (C=O) groups is 1. The summed E-state index contributed by atoms with van der Waals surface area (Å²) >= 11 is 0. The minimum Gasteiger partial charge on any atom is -0.379 e. The largest absolute Gasteiger partial charge is 0.379 e. The van der Waals surface area contributed by atoms with Gasteiger partial charge in [0.25, 0.3) is 0 Å². The third-order valence-corrected chi connectivity index (χ3v) is 3.62. The molecule has 106 valence electrons. The van der Waals surface area contributed by atoms with Crippen molar-refractivity contribution in [1.29, 1.82) is 0 Å². The molecule has 0 bridgehead atoms. The molecule has 1 aliphatic rings. The van der Waals surface area contributed by atoms with E-state index in [1.54, 1.807) is 0 Å². The molecule has 0 radical (unpaired) electrons. The van der Waals surface area contributed by atoms with Gasteiger partial charge in [-0.05, 0) is 52.0 Å². The minimum atomic E-state index is 0.155. The van der Waals surface area contributed by atoms with E-state index in [2.05, 4.69) is 5.32 Å². The second-order valence-corrected chi connectivity index (χ2v) is 5.45. The van der Waals surface area contributed by atoms with Gasteiger partial charge in [-0.15, -0.1) is 0 Å². The van der Waals surface area contributed by atoms with Crippen LogP contribution in [-0.4, -0.2) is 31.7 Å². The van der Waals surface area contributed by atoms with Gasteiger partial charge >= 0.3 is 0 Å². The molecule has 0 aliphatic heterocycles. The van der Waals surface area contributed by atoms with Crippen molar-refractivity contribution in [2.75, 3.05) is 19.7 Å². The smallest absolute Gasteiger partial charge is 0.223 e. The molecule has 0 spiro atoms. The molecule has 3 N–H and O–H groups in total. The van der Waals surface area contributed by atoms with Gasteiger partial charge < -0.3 is 15.8 Å². The quantitative estimate of drug-likeness (QED) is 0.649. The molecule has 1 rings (SSSR count). The maximum atomic E-state index is 12.0. The third-order valence-electron chi connectivity index (χ3n) is 3.62. The number of amides is 1. The lowest BCUT2D eigenvalue weighted by atomic mass is 9.95. The lowest BCUT2D eigenvalue weighted by molar-refractivity contribution is -0.125. The Labute approximate surface area is 111 Å². The van der Waals surface area contributed by atoms with Gasteiger partial charge in [0.1, 0.15) is 0 Å². The zero-order valence-electron chi connectivity index (χ0n) is 11.8. The van der Waals surface area contributed by atoms with Crippen LogP contribution in [0.1, 0.15) is 46.0 Å². The molecule has 1 amide bonds. The summed E-state index contributed by atoms with van der Waals surface area (Å²) in [5.41, 5.74) is 5.69. The Morgan fingerprint density at radius 3 is 2.83 bits per heavy atom. The first-order chi connectivity index (χ1) is 8.65. The molecule has 1 saturated carbocycles. The van der Waals surface area contributed by atoms with Crippen LogP contribution in [0.2, 0.25) is 0 Å². The molecule has 18 heavy (non-hydrogen) atoms. The molecule has 0 saturated heterocycles. The Kier molecular flexibility index (Phi) is 7.28. The molecule has 4 heteroatoms. The number of ether oxygens (including phenoxy) is 1. The summed E-state index contributed by atoms with van der Waals surface area (Å²) in [6.07, 6.45) is 5.54. The lowest BCUT2D eigenvalue weighted by Crippen LogP contribution is -2.35. The van der Waals surface area contributed by atoms with Gasteiger partial charge in [-0.1, -0.05) is 6.42 Å². The highest BCUT2D eigenvalue weighted by atomic mass is 16.5. The molecule has 0 aromatic heterocycles. The van der Waals surface area contributed by atoms with Crippen LogP contribution >= 0.6 is 0 Å². The predicted octanol–water partition coefficient (Wildman–Crippen LogP) is 1.68. The highest BCUT2D eigenvalue weighted by molar-refractivity contribution is 5.79. The number of hydrogen-bond donors (Lipinski definition) is 2. The summed E-state index contributed by atoms with van der Waals surface area (Å²) in [4.78, 5) is 12.0. The monoisotopic (exact) mass is 256 g/mol. The van der Waals surface area contributed by atoms with E-state index in [4.69, 9.17) is 10.5 Å². The van der Waals surface area contributed by atoms with Gasteiger partial charge in [-0.3, -0.25) is 4.79 Å². The van der Waals surface area contributed by atoms with E-state index in [1.165, 1.54) is 0 Å². The van der Waals surface area contributed by atoms with Crippen LogP contribution in [0, 0.1) is 11.8 Å². The van der Waals surface area contributed by atoms with E-state index in [0.717, 1.165) is 45.3 Å². The summed E-state index contributed by atoms with van der Waals surface area (Å²) in [6, 6.07) is 0. The fraction of sp³-hybridized carbons (Fsp3) is 0.929. The Balaban J connectivity index is 2.06. The number of nitrogens with one attached hydrogen (secondary N) is 1. The highest BCUT2D eigenvalue weighted by Gasteiger charge is 2.31. The first kappa shape index (κ1) is 15.4. The van der Waals surface area contributed by atoms with Crippen LogP contribution in [0.4, 0.5) is 0 Å². The normalized spacial score (nSPS) is 23.6. The van der Waals surface area contributed by atoms with E-state index in [-0.39, 0.29) is 11.8 Å². The van der Waals surface area contributed by atoms with Crippen LogP contribution in [0.5, 0.6) is 0 Å². The Hall–Kier alpha value is -0.610. The van der Waals surface area contributed by atoms with Crippen LogP contribution in [0.15, 0.2) is 0 Å². The van der Waals surface area contributed by atoms with Crippen LogP contribution in [0.3, 0.4) is 0 Å². The van der Waals surface area contributed by atoms with Crippen molar-refractivity contribution in [3.8, 4) is 0 Å². The Morgan fingerprint density at radius 1 is 1.39 bits per heavy atom. The van der Waals surface area contributed by atoms with E-state index in [1.807, 2.05) is 13.8 Å². The fourth-order valence-electron chi connectivity index (χ4n) is 2.55. The maximum absolute atomic E-state index is 12.0. The van der Waals surface area contributed by atoms with Crippen LogP contribution in [-0.2, 0) is 9.53 Å². The van der Waals surface area contributed by atoms with Crippen LogP contribution < -0.4 is 11.1 Å². The van der Waals surface area contributed by atoms with Crippen molar-refractivity contribution >= 4 is 5.91 Å². The van der Waals surface area contributed by atoms with Gasteiger partial charge in [0, 0.05) is 19.1 Å². The molecule has 4 nitrogen and oxygen atoms in total. The number of carbonyl (C=O) groups excluding carboxylic acids is 1. The lowest BCUT2D eigenvalue weighted by Gasteiger charge is -2.17. The third kappa shape index (κ3) is 5.36. The average Bonchev–Trinajstić information content (AvgIpc) is 2.81. The summed E-state index contributed by atoms with van der Waals surface area (Å²) in [6.45, 7) is 6.25. The molecule has 1 fully saturated rings. The Bertz CT molecular complexity index is 244. The first-order valence-corrected chi connectivity index (χ1v) is 7.24. The van der Waals surface area contributed by atoms with Gasteiger partial charge in [-0.2, -0.15) is 0 Å². The average molecular weight is 256 g/mol. The number of unbranched alkanes of at least 4 members (excludes halogenated alkanes) is 1. The van der Waals surface area contributed by atoms with Gasteiger partial charge in [0.2, 0.25) is 5.91 Å². The molecular weight excluding hydrogens is 228 g/mol. The summed E-state index contributed by atoms with van der Waals surface area (Å²) in [5.74, 6) is 0.754. The molecule has 2 atom stereocenters. The second kappa shape index (κ2) is 8.48. The molecule has 1 aliphatic carbocycles. The van der Waals surface area contributed by atoms with E-state index >= 15 is 0 Å². The first-order valence-electron chi connectivity index (χ1n) is 7.24. The Morgan fingerprint density at radius 2 is 2.17 bits per heavy atom. The standard InChI is InChI=1S/C14H28N2O2/c1-11(2)18-9-4-3-8-16-14(17)13-7-5-6-12(13)10-15/h11-13H,3-10,15H2,1-2H3,(H,16,17). The molecule has 2 unspecified atom stereocenters. The van der Waals surface area contributed by atoms with Crippen molar-refractivity contribution in [3.63, 3.8) is 0 Å². The highest BCUT2D eigenvalue weighted by Crippen LogP contribution is 2.30. The molecule has 0 heterocycles. The van der Waals surface area contributed by atoms with Crippen molar-refractivity contribution in [2.24, 2.45) is 17.6 Å². The van der Waals surface area contributed by atoms with Gasteiger partial charge in [0.05, 0.1) is 6.10 Å². The molecular formula is C14H28N2O2. The van der Waals surface area contributed by atoms with Crippen molar-refractivity contribution in [2.45, 2.75) is 52.1 Å². The SMILES string of the molecule is CC(C)OCCCCNC(=O)C1CCCC1CN. The molecule has 0 aromatic carbocycles. The zero-order valence-corrected chi connectivity index (χ0v) is 11.8. The summed E-state index contributed by atoms with van der Waals surface area (Å²) in [5, 5.41) is 3.03. The number of nitrogens with two attached hydrogens (primary N) is 1. The summed E-state index contributed by atoms with van der Waals surface area (Å²) < 4.78 is 5.45. The topological polar surface area (TPSA) is 64.3 Å². The van der Waals surface area contributed by atoms with E-state index < -0.39 is 0 Å². The van der Waals surface area contributed by atoms with Gasteiger partial charge in [-0.25, -0.2) is 0 Å². The van der Waals surface area contributed by atoms with E-state index in [0.29, 0.717) is 18.6 Å². The van der Waals surface area contributed by atoms with Crippen molar-refractivity contribution < 1.29 is 9.53 Å². The van der Waals surface area contributed by atoms with Crippen molar-refractivity contribution in [1.82, 2.24) is 5.32 Å². The zero-order chi connectivity index (χ0) is 13.4. The second-order valence-electron chi connectivity index (χ2n) is 5.45. The predicted molar refractivity (Wildman–Crippen MR) is 73.2 cm³/mol. The molecule has 0 aromatic rings. The number of hydrogen-bond acceptors (Lipinski definition) is 3. The van der Waals surface area contributed by atoms with Crippen LogP contribution in [0.25, 0.3) is 0 Å². The fourth-order valence-corrected chi connectivity index (χ4v) is 2.55.